The van der Waals surface area contributed by atoms with Gasteiger partial charge in [-0.05, 0) is 49.7 Å². The number of carbonyl (C=O) groups excluding carboxylic acids is 1. The number of ether oxygens (including phenoxy) is 1. The summed E-state index contributed by atoms with van der Waals surface area (Å²) in [5.41, 5.74) is 2.01. The second kappa shape index (κ2) is 7.51. The van der Waals surface area contributed by atoms with Crippen molar-refractivity contribution in [2.24, 2.45) is 0 Å². The van der Waals surface area contributed by atoms with Gasteiger partial charge in [-0.3, -0.25) is 9.20 Å². The summed E-state index contributed by atoms with van der Waals surface area (Å²) in [4.78, 5) is 20.9. The maximum absolute atomic E-state index is 14.5. The van der Waals surface area contributed by atoms with Crippen molar-refractivity contribution in [1.29, 1.82) is 0 Å². The maximum atomic E-state index is 14.5. The third kappa shape index (κ3) is 3.45. The van der Waals surface area contributed by atoms with Gasteiger partial charge in [0.05, 0.1) is 13.7 Å². The molecule has 0 aliphatic carbocycles. The molecule has 0 spiro atoms. The third-order valence-corrected chi connectivity index (χ3v) is 4.67. The summed E-state index contributed by atoms with van der Waals surface area (Å²) < 4.78 is 26.4. The Morgan fingerprint density at radius 3 is 2.80 bits per heavy atom. The molecule has 0 saturated heterocycles. The summed E-state index contributed by atoms with van der Waals surface area (Å²) in [6.07, 6.45) is 1.53. The summed E-state index contributed by atoms with van der Waals surface area (Å²) in [5, 5.41) is 12.6. The minimum absolute atomic E-state index is 0.0304. The van der Waals surface area contributed by atoms with Gasteiger partial charge in [0.25, 0.3) is 5.91 Å². The average molecular weight is 410 g/mol. The zero-order chi connectivity index (χ0) is 21.4. The number of aryl methyl sites for hydroxylation is 2. The average Bonchev–Trinajstić information content (AvgIpc) is 3.25. The molecule has 30 heavy (non-hydrogen) atoms. The van der Waals surface area contributed by atoms with Gasteiger partial charge in [0.15, 0.2) is 17.2 Å². The third-order valence-electron chi connectivity index (χ3n) is 4.67. The second-order valence-corrected chi connectivity index (χ2v) is 6.77. The van der Waals surface area contributed by atoms with E-state index >= 15 is 0 Å². The molecule has 154 valence electrons. The molecule has 0 aliphatic heterocycles. The Hall–Kier alpha value is -3.88. The number of fused-ring (bicyclic) bond motifs is 1. The first kappa shape index (κ1) is 19.4. The van der Waals surface area contributed by atoms with Crippen molar-refractivity contribution in [1.82, 2.24) is 19.7 Å². The smallest absolute Gasteiger partial charge is 0.275 e. The Bertz CT molecular complexity index is 1260. The van der Waals surface area contributed by atoms with Crippen LogP contribution >= 0.6 is 0 Å². The van der Waals surface area contributed by atoms with Crippen LogP contribution in [0.4, 0.5) is 4.39 Å². The lowest BCUT2D eigenvalue weighted by Gasteiger charge is -2.03. The van der Waals surface area contributed by atoms with Crippen LogP contribution in [0.2, 0.25) is 0 Å². The number of methoxy groups -OCH3 is 1. The number of benzene rings is 1. The molecule has 8 nitrogen and oxygen atoms in total. The predicted octanol–water partition coefficient (Wildman–Crippen LogP) is 3.39. The normalized spacial score (nSPS) is 11.1. The van der Waals surface area contributed by atoms with Gasteiger partial charge in [0, 0.05) is 11.8 Å². The molecule has 1 aromatic carbocycles. The van der Waals surface area contributed by atoms with Crippen LogP contribution in [0.3, 0.4) is 0 Å². The molecule has 0 atom stereocenters. The highest BCUT2D eigenvalue weighted by molar-refractivity contribution is 5.93. The Kier molecular flexibility index (Phi) is 4.86. The molecule has 0 aliphatic rings. The van der Waals surface area contributed by atoms with Crippen LogP contribution in [-0.2, 0) is 6.54 Å². The molecule has 0 saturated carbocycles. The fraction of sp³-hybridized carbons (Fsp3) is 0.190. The SMILES string of the molecule is COc1ccc(-c2nc(CNC(=O)c3nc4cc(C)ccn4c3F)c(C)o2)cc1O. The molecular weight excluding hydrogens is 391 g/mol. The van der Waals surface area contributed by atoms with E-state index in [0.29, 0.717) is 28.4 Å². The first-order valence-corrected chi connectivity index (χ1v) is 9.13. The topological polar surface area (TPSA) is 102 Å². The number of aromatic nitrogens is 3. The highest BCUT2D eigenvalue weighted by atomic mass is 19.1. The van der Waals surface area contributed by atoms with E-state index in [0.717, 1.165) is 5.56 Å². The molecule has 9 heteroatoms. The van der Waals surface area contributed by atoms with E-state index in [1.54, 1.807) is 31.2 Å². The van der Waals surface area contributed by atoms with E-state index in [1.165, 1.54) is 23.8 Å². The largest absolute Gasteiger partial charge is 0.504 e. The number of nitrogens with one attached hydrogen (secondary N) is 1. The molecule has 0 unspecified atom stereocenters. The Balaban J connectivity index is 1.52. The van der Waals surface area contributed by atoms with Crippen LogP contribution in [0.25, 0.3) is 17.1 Å². The van der Waals surface area contributed by atoms with E-state index in [1.807, 2.05) is 6.92 Å². The van der Waals surface area contributed by atoms with Gasteiger partial charge in [-0.15, -0.1) is 0 Å². The highest BCUT2D eigenvalue weighted by Crippen LogP contribution is 2.31. The van der Waals surface area contributed by atoms with Gasteiger partial charge in [0.2, 0.25) is 11.8 Å². The van der Waals surface area contributed by atoms with Crippen molar-refractivity contribution in [3.63, 3.8) is 0 Å². The molecule has 3 heterocycles. The minimum atomic E-state index is -0.728. The van der Waals surface area contributed by atoms with Gasteiger partial charge < -0.3 is 19.6 Å². The number of imidazole rings is 1. The fourth-order valence-corrected chi connectivity index (χ4v) is 3.05. The Morgan fingerprint density at radius 1 is 1.27 bits per heavy atom. The number of amides is 1. The molecule has 2 N–H and O–H groups in total. The number of rotatable bonds is 5. The van der Waals surface area contributed by atoms with Crippen molar-refractivity contribution >= 4 is 11.6 Å². The van der Waals surface area contributed by atoms with E-state index in [2.05, 4.69) is 15.3 Å². The number of phenolic OH excluding ortho intramolecular Hbond substituents is 1. The lowest BCUT2D eigenvalue weighted by atomic mass is 10.2. The number of carbonyl (C=O) groups is 1. The number of hydrogen-bond acceptors (Lipinski definition) is 6. The number of halogens is 1. The van der Waals surface area contributed by atoms with Gasteiger partial charge in [-0.1, -0.05) is 0 Å². The number of pyridine rings is 1. The number of hydrogen-bond donors (Lipinski definition) is 2. The van der Waals surface area contributed by atoms with Gasteiger partial charge >= 0.3 is 0 Å². The second-order valence-electron chi connectivity index (χ2n) is 6.77. The summed E-state index contributed by atoms with van der Waals surface area (Å²) >= 11 is 0. The standard InChI is InChI=1S/C21H19FN4O4/c1-11-6-7-26-17(8-11)25-18(19(26)22)20(28)23-10-14-12(2)30-21(24-14)13-4-5-16(29-3)15(27)9-13/h4-9,27H,10H2,1-3H3,(H,23,28). The summed E-state index contributed by atoms with van der Waals surface area (Å²) in [7, 11) is 1.46. The van der Waals surface area contributed by atoms with Crippen molar-refractivity contribution in [2.75, 3.05) is 7.11 Å². The number of aromatic hydroxyl groups is 1. The molecule has 0 radical (unpaired) electrons. The maximum Gasteiger partial charge on any atom is 0.275 e. The van der Waals surface area contributed by atoms with Crippen molar-refractivity contribution in [3.05, 3.63) is 65.2 Å². The van der Waals surface area contributed by atoms with Gasteiger partial charge in [0.1, 0.15) is 17.1 Å². The summed E-state index contributed by atoms with van der Waals surface area (Å²) in [6.45, 7) is 3.60. The van der Waals surface area contributed by atoms with Crippen molar-refractivity contribution in [3.8, 4) is 23.0 Å². The summed E-state index contributed by atoms with van der Waals surface area (Å²) in [6, 6.07) is 8.19. The molecular formula is C21H19FN4O4. The van der Waals surface area contributed by atoms with Gasteiger partial charge in [-0.25, -0.2) is 9.97 Å². The molecule has 0 fully saturated rings. The number of oxazole rings is 1. The monoisotopic (exact) mass is 410 g/mol. The molecule has 1 amide bonds. The van der Waals surface area contributed by atoms with Crippen LogP contribution in [0.5, 0.6) is 11.5 Å². The Morgan fingerprint density at radius 2 is 2.07 bits per heavy atom. The van der Waals surface area contributed by atoms with E-state index in [-0.39, 0.29) is 23.9 Å². The highest BCUT2D eigenvalue weighted by Gasteiger charge is 2.20. The number of nitrogens with zero attached hydrogens (tertiary/aromatic N) is 3. The van der Waals surface area contributed by atoms with E-state index in [9.17, 15) is 14.3 Å². The lowest BCUT2D eigenvalue weighted by Crippen LogP contribution is -2.24. The first-order valence-electron chi connectivity index (χ1n) is 9.13. The quantitative estimate of drug-likeness (QED) is 0.523. The van der Waals surface area contributed by atoms with Crippen LogP contribution in [-0.4, -0.2) is 32.5 Å². The predicted molar refractivity (Wildman–Crippen MR) is 106 cm³/mol. The summed E-state index contributed by atoms with van der Waals surface area (Å²) in [5.74, 6) is -0.318. The Labute approximate surface area is 171 Å². The van der Waals surface area contributed by atoms with Gasteiger partial charge in [-0.2, -0.15) is 4.39 Å². The van der Waals surface area contributed by atoms with E-state index in [4.69, 9.17) is 9.15 Å². The molecule has 4 rings (SSSR count). The first-order chi connectivity index (χ1) is 14.4. The molecule has 4 aromatic rings. The molecule has 0 bridgehead atoms. The van der Waals surface area contributed by atoms with Crippen LogP contribution in [0.15, 0.2) is 40.9 Å². The zero-order valence-electron chi connectivity index (χ0n) is 16.6. The van der Waals surface area contributed by atoms with Crippen LogP contribution in [0.1, 0.15) is 27.5 Å². The zero-order valence-corrected chi connectivity index (χ0v) is 16.6. The minimum Gasteiger partial charge on any atom is -0.504 e. The van der Waals surface area contributed by atoms with Crippen LogP contribution < -0.4 is 10.1 Å². The molecule has 3 aromatic heterocycles. The number of phenols is 1. The van der Waals surface area contributed by atoms with Crippen molar-refractivity contribution in [2.45, 2.75) is 20.4 Å². The fourth-order valence-electron chi connectivity index (χ4n) is 3.05. The van der Waals surface area contributed by atoms with Crippen molar-refractivity contribution < 1.29 is 23.4 Å². The van der Waals surface area contributed by atoms with Crippen LogP contribution in [0, 0.1) is 19.8 Å². The lowest BCUT2D eigenvalue weighted by molar-refractivity contribution is 0.0941. The van der Waals surface area contributed by atoms with E-state index < -0.39 is 11.9 Å².